The van der Waals surface area contributed by atoms with Crippen molar-refractivity contribution in [3.8, 4) is 0 Å². The quantitative estimate of drug-likeness (QED) is 0.247. The Kier molecular flexibility index (Phi) is 14.9. The second-order valence-corrected chi connectivity index (χ2v) is 7.45. The number of unbranched alkanes of at least 4 members (excludes halogenated alkanes) is 9. The molecule has 0 fully saturated rings. The summed E-state index contributed by atoms with van der Waals surface area (Å²) in [5.74, 6) is -1.13. The van der Waals surface area contributed by atoms with E-state index in [0.29, 0.717) is 6.42 Å². The number of aliphatic carboxylic acids is 1. The minimum absolute atomic E-state index is 0.184. The van der Waals surface area contributed by atoms with E-state index in [1.54, 1.807) is 0 Å². The molecular weight excluding hydrogens is 316 g/mol. The first-order valence-electron chi connectivity index (χ1n) is 10.2. The Bertz CT molecular complexity index is 350. The first-order chi connectivity index (χ1) is 11.9. The summed E-state index contributed by atoms with van der Waals surface area (Å²) in [5.41, 5.74) is -1.58. The van der Waals surface area contributed by atoms with Crippen molar-refractivity contribution >= 4 is 5.97 Å². The molecule has 148 valence electrons. The molecule has 4 nitrogen and oxygen atoms in total. The summed E-state index contributed by atoms with van der Waals surface area (Å²) in [6, 6.07) is 0. The smallest absolute Gasteiger partial charge is 0.335 e. The molecule has 2 atom stereocenters. The fraction of sp³-hybridized carbons (Fsp3) is 0.857. The van der Waals surface area contributed by atoms with E-state index < -0.39 is 11.6 Å². The average molecular weight is 357 g/mol. The molecule has 25 heavy (non-hydrogen) atoms. The SMILES string of the molecule is CCCCCC[C@@H](O)CC=CCCCCCCCCC(C)(O)C(=O)O. The number of carboxylic acid groups (broad SMARTS) is 1. The summed E-state index contributed by atoms with van der Waals surface area (Å²) in [5, 5.41) is 28.3. The van der Waals surface area contributed by atoms with Crippen LogP contribution in [0, 0.1) is 0 Å². The van der Waals surface area contributed by atoms with Crippen molar-refractivity contribution in [3.63, 3.8) is 0 Å². The summed E-state index contributed by atoms with van der Waals surface area (Å²) in [4.78, 5) is 10.8. The summed E-state index contributed by atoms with van der Waals surface area (Å²) in [6.45, 7) is 3.56. The van der Waals surface area contributed by atoms with E-state index in [1.807, 2.05) is 0 Å². The van der Waals surface area contributed by atoms with Crippen LogP contribution in [-0.4, -0.2) is 33.0 Å². The van der Waals surface area contributed by atoms with Gasteiger partial charge in [-0.2, -0.15) is 0 Å². The van der Waals surface area contributed by atoms with Gasteiger partial charge < -0.3 is 15.3 Å². The van der Waals surface area contributed by atoms with Crippen molar-refractivity contribution in [2.75, 3.05) is 0 Å². The zero-order valence-corrected chi connectivity index (χ0v) is 16.4. The molecule has 0 spiro atoms. The third-order valence-electron chi connectivity index (χ3n) is 4.71. The Morgan fingerprint density at radius 1 is 0.960 bits per heavy atom. The first kappa shape index (κ1) is 24.1. The highest BCUT2D eigenvalue weighted by Crippen LogP contribution is 2.16. The minimum atomic E-state index is -1.58. The maximum Gasteiger partial charge on any atom is 0.335 e. The maximum atomic E-state index is 10.8. The lowest BCUT2D eigenvalue weighted by Crippen LogP contribution is -2.34. The number of carboxylic acids is 1. The molecule has 0 aromatic rings. The Balaban J connectivity index is 3.39. The van der Waals surface area contributed by atoms with Crippen LogP contribution in [0.4, 0.5) is 0 Å². The van der Waals surface area contributed by atoms with Gasteiger partial charge in [0.1, 0.15) is 0 Å². The van der Waals surface area contributed by atoms with Crippen LogP contribution in [0.2, 0.25) is 0 Å². The van der Waals surface area contributed by atoms with Crippen LogP contribution in [0.15, 0.2) is 12.2 Å². The zero-order valence-electron chi connectivity index (χ0n) is 16.4. The van der Waals surface area contributed by atoms with Crippen molar-refractivity contribution in [1.29, 1.82) is 0 Å². The molecule has 4 heteroatoms. The predicted octanol–water partition coefficient (Wildman–Crippen LogP) is 5.22. The fourth-order valence-electron chi connectivity index (χ4n) is 2.84. The van der Waals surface area contributed by atoms with Crippen molar-refractivity contribution in [1.82, 2.24) is 0 Å². The van der Waals surface area contributed by atoms with E-state index in [4.69, 9.17) is 5.11 Å². The van der Waals surface area contributed by atoms with E-state index in [-0.39, 0.29) is 6.10 Å². The highest BCUT2D eigenvalue weighted by molar-refractivity contribution is 5.76. The van der Waals surface area contributed by atoms with E-state index in [9.17, 15) is 15.0 Å². The van der Waals surface area contributed by atoms with E-state index in [1.165, 1.54) is 32.6 Å². The van der Waals surface area contributed by atoms with Gasteiger partial charge >= 0.3 is 5.97 Å². The monoisotopic (exact) mass is 356 g/mol. The van der Waals surface area contributed by atoms with Gasteiger partial charge in [0.05, 0.1) is 6.10 Å². The number of hydrogen-bond acceptors (Lipinski definition) is 3. The van der Waals surface area contributed by atoms with Crippen molar-refractivity contribution in [3.05, 3.63) is 12.2 Å². The van der Waals surface area contributed by atoms with E-state index in [0.717, 1.165) is 57.8 Å². The Labute approximate surface area is 154 Å². The predicted molar refractivity (Wildman–Crippen MR) is 104 cm³/mol. The van der Waals surface area contributed by atoms with Crippen molar-refractivity contribution in [2.24, 2.45) is 0 Å². The Morgan fingerprint density at radius 3 is 2.20 bits per heavy atom. The number of aliphatic hydroxyl groups is 2. The Hall–Kier alpha value is -0.870. The summed E-state index contributed by atoms with van der Waals surface area (Å²) >= 11 is 0. The second kappa shape index (κ2) is 15.4. The first-order valence-corrected chi connectivity index (χ1v) is 10.2. The van der Waals surface area contributed by atoms with Gasteiger partial charge in [0.25, 0.3) is 0 Å². The largest absolute Gasteiger partial charge is 0.479 e. The number of allylic oxidation sites excluding steroid dienone is 1. The molecule has 1 unspecified atom stereocenters. The van der Waals surface area contributed by atoms with Crippen LogP contribution in [0.1, 0.15) is 104 Å². The number of hydrogen-bond donors (Lipinski definition) is 3. The van der Waals surface area contributed by atoms with Crippen LogP contribution in [0.3, 0.4) is 0 Å². The second-order valence-electron chi connectivity index (χ2n) is 7.45. The number of rotatable bonds is 17. The molecule has 0 amide bonds. The highest BCUT2D eigenvalue weighted by Gasteiger charge is 2.28. The third kappa shape index (κ3) is 15.1. The number of aliphatic hydroxyl groups excluding tert-OH is 1. The molecule has 0 saturated carbocycles. The topological polar surface area (TPSA) is 77.8 Å². The lowest BCUT2D eigenvalue weighted by molar-refractivity contribution is -0.157. The number of carbonyl (C=O) groups is 1. The molecule has 0 aromatic heterocycles. The summed E-state index contributed by atoms with van der Waals surface area (Å²) < 4.78 is 0. The highest BCUT2D eigenvalue weighted by atomic mass is 16.4. The lowest BCUT2D eigenvalue weighted by Gasteiger charge is -2.17. The fourth-order valence-corrected chi connectivity index (χ4v) is 2.84. The molecular formula is C21H40O4. The van der Waals surface area contributed by atoms with Gasteiger partial charge in [-0.25, -0.2) is 4.79 Å². The molecule has 0 aliphatic carbocycles. The molecule has 0 aliphatic heterocycles. The van der Waals surface area contributed by atoms with Crippen LogP contribution in [0.25, 0.3) is 0 Å². The van der Waals surface area contributed by atoms with E-state index in [2.05, 4.69) is 19.1 Å². The summed E-state index contributed by atoms with van der Waals surface area (Å²) in [7, 11) is 0. The minimum Gasteiger partial charge on any atom is -0.479 e. The van der Waals surface area contributed by atoms with Gasteiger partial charge in [-0.15, -0.1) is 0 Å². The van der Waals surface area contributed by atoms with Gasteiger partial charge in [-0.05, 0) is 45.4 Å². The molecule has 3 N–H and O–H groups in total. The van der Waals surface area contributed by atoms with Gasteiger partial charge in [0.15, 0.2) is 5.60 Å². The molecule has 0 aliphatic rings. The lowest BCUT2D eigenvalue weighted by atomic mass is 9.98. The molecule has 0 aromatic carbocycles. The molecule has 0 bridgehead atoms. The molecule has 0 heterocycles. The van der Waals surface area contributed by atoms with Crippen LogP contribution < -0.4 is 0 Å². The molecule has 0 rings (SSSR count). The zero-order chi connectivity index (χ0) is 19.0. The van der Waals surface area contributed by atoms with Crippen LogP contribution in [-0.2, 0) is 4.79 Å². The third-order valence-corrected chi connectivity index (χ3v) is 4.71. The Morgan fingerprint density at radius 2 is 1.56 bits per heavy atom. The molecule has 0 saturated heterocycles. The summed E-state index contributed by atoms with van der Waals surface area (Å²) in [6.07, 6.45) is 18.4. The molecule has 0 radical (unpaired) electrons. The van der Waals surface area contributed by atoms with Gasteiger partial charge in [-0.1, -0.05) is 70.4 Å². The van der Waals surface area contributed by atoms with Gasteiger partial charge in [-0.3, -0.25) is 0 Å². The van der Waals surface area contributed by atoms with E-state index >= 15 is 0 Å². The normalized spacial score (nSPS) is 15.4. The van der Waals surface area contributed by atoms with Crippen molar-refractivity contribution < 1.29 is 20.1 Å². The van der Waals surface area contributed by atoms with Gasteiger partial charge in [0.2, 0.25) is 0 Å². The van der Waals surface area contributed by atoms with Gasteiger partial charge in [0, 0.05) is 0 Å². The standard InChI is InChI=1S/C21H40O4/c1-3-4-5-13-16-19(22)17-14-11-9-7-6-8-10-12-15-18-21(2,25)20(23)24/h11,14,19,22,25H,3-10,12-13,15-18H2,1-2H3,(H,23,24)/t19-,21?/m1/s1. The average Bonchev–Trinajstić information content (AvgIpc) is 2.56. The van der Waals surface area contributed by atoms with Crippen molar-refractivity contribution in [2.45, 2.75) is 115 Å². The van der Waals surface area contributed by atoms with Crippen LogP contribution >= 0.6 is 0 Å². The van der Waals surface area contributed by atoms with Crippen LogP contribution in [0.5, 0.6) is 0 Å². The maximum absolute atomic E-state index is 10.8.